The molecule has 0 saturated heterocycles. The molecule has 0 aliphatic rings. The van der Waals surface area contributed by atoms with Crippen LogP contribution in [-0.4, -0.2) is 0 Å². The molecule has 0 radical (unpaired) electrons. The van der Waals surface area contributed by atoms with Gasteiger partial charge in [0, 0.05) is 0 Å². The zero-order valence-electron chi connectivity index (χ0n) is 7.20. The molecule has 0 amide bonds. The summed E-state index contributed by atoms with van der Waals surface area (Å²) in [5.41, 5.74) is 0.837. The summed E-state index contributed by atoms with van der Waals surface area (Å²) in [6, 6.07) is 8.14. The average Bonchev–Trinajstić information content (AvgIpc) is 2.16. The van der Waals surface area contributed by atoms with Crippen LogP contribution in [0.4, 0.5) is 4.39 Å². The second kappa shape index (κ2) is 4.42. The highest BCUT2D eigenvalue weighted by Gasteiger charge is 2.07. The minimum atomic E-state index is -0.279. The predicted molar refractivity (Wildman–Crippen MR) is 49.6 cm³/mol. The van der Waals surface area contributed by atoms with Crippen molar-refractivity contribution in [2.75, 3.05) is 0 Å². The third kappa shape index (κ3) is 2.41. The molecule has 1 atom stereocenters. The van der Waals surface area contributed by atoms with E-state index < -0.39 is 0 Å². The second-order valence-electron chi connectivity index (χ2n) is 2.76. The molecule has 0 aliphatic heterocycles. The Balaban J connectivity index is 2.87. The molecule has 1 aromatic carbocycles. The summed E-state index contributed by atoms with van der Waals surface area (Å²) in [5, 5.41) is 8.79. The van der Waals surface area contributed by atoms with Gasteiger partial charge in [0.05, 0.1) is 12.0 Å². The van der Waals surface area contributed by atoms with Crippen molar-refractivity contribution in [2.24, 2.45) is 0 Å². The van der Waals surface area contributed by atoms with Gasteiger partial charge < -0.3 is 0 Å². The summed E-state index contributed by atoms with van der Waals surface area (Å²) in [6.07, 6.45) is 2.29. The monoisotopic (exact) mass is 175 g/mol. The normalized spacial score (nSPS) is 11.7. The van der Waals surface area contributed by atoms with Crippen molar-refractivity contribution in [3.05, 3.63) is 48.3 Å². The maximum atomic E-state index is 12.5. The number of hydrogen-bond acceptors (Lipinski definition) is 1. The zero-order valence-corrected chi connectivity index (χ0v) is 7.20. The summed E-state index contributed by atoms with van der Waals surface area (Å²) in [7, 11) is 0. The van der Waals surface area contributed by atoms with Crippen LogP contribution in [0.15, 0.2) is 36.9 Å². The fourth-order valence-electron chi connectivity index (χ4n) is 1.13. The Morgan fingerprint density at radius 2 is 2.08 bits per heavy atom. The molecule has 0 bridgehead atoms. The highest BCUT2D eigenvalue weighted by Crippen LogP contribution is 2.19. The summed E-state index contributed by atoms with van der Waals surface area (Å²) >= 11 is 0. The lowest BCUT2D eigenvalue weighted by Crippen LogP contribution is -1.93. The first-order valence-corrected chi connectivity index (χ1v) is 4.04. The smallest absolute Gasteiger partial charge is 0.123 e. The molecule has 0 fully saturated rings. The number of halogens is 1. The fourth-order valence-corrected chi connectivity index (χ4v) is 1.13. The molecule has 0 N–H and O–H groups in total. The third-order valence-corrected chi connectivity index (χ3v) is 1.83. The van der Waals surface area contributed by atoms with Gasteiger partial charge >= 0.3 is 0 Å². The number of nitriles is 1. The van der Waals surface area contributed by atoms with Gasteiger partial charge in [0.2, 0.25) is 0 Å². The van der Waals surface area contributed by atoms with Gasteiger partial charge in [-0.05, 0) is 24.1 Å². The van der Waals surface area contributed by atoms with Gasteiger partial charge in [-0.3, -0.25) is 0 Å². The molecule has 0 aromatic heterocycles. The lowest BCUT2D eigenvalue weighted by atomic mass is 9.97. The Bertz CT molecular complexity index is 321. The van der Waals surface area contributed by atoms with Crippen molar-refractivity contribution in [3.8, 4) is 6.07 Å². The van der Waals surface area contributed by atoms with Crippen LogP contribution in [0, 0.1) is 17.1 Å². The molecule has 0 unspecified atom stereocenters. The van der Waals surface area contributed by atoms with Crippen molar-refractivity contribution in [1.82, 2.24) is 0 Å². The quantitative estimate of drug-likeness (QED) is 0.648. The largest absolute Gasteiger partial charge is 0.207 e. The van der Waals surface area contributed by atoms with E-state index in [1.165, 1.54) is 12.1 Å². The van der Waals surface area contributed by atoms with Crippen molar-refractivity contribution < 1.29 is 4.39 Å². The highest BCUT2D eigenvalue weighted by molar-refractivity contribution is 5.25. The lowest BCUT2D eigenvalue weighted by Gasteiger charge is -2.05. The van der Waals surface area contributed by atoms with Crippen LogP contribution in [0.5, 0.6) is 0 Å². The van der Waals surface area contributed by atoms with Gasteiger partial charge in [0.25, 0.3) is 0 Å². The molecule has 2 heteroatoms. The Labute approximate surface area is 77.1 Å². The average molecular weight is 175 g/mol. The first kappa shape index (κ1) is 9.47. The van der Waals surface area contributed by atoms with Crippen LogP contribution < -0.4 is 0 Å². The molecule has 66 valence electrons. The van der Waals surface area contributed by atoms with Gasteiger partial charge in [-0.1, -0.05) is 18.2 Å². The molecule has 0 saturated carbocycles. The standard InChI is InChI=1S/C11H10FN/c1-2-3-10(8-13)9-4-6-11(12)7-5-9/h2,4-7,10H,1,3H2/t10-/m0/s1. The van der Waals surface area contributed by atoms with E-state index in [1.54, 1.807) is 18.2 Å². The minimum absolute atomic E-state index is 0.210. The van der Waals surface area contributed by atoms with Gasteiger partial charge in [-0.2, -0.15) is 5.26 Å². The molecular formula is C11H10FN. The predicted octanol–water partition coefficient (Wildman–Crippen LogP) is 3.01. The Hall–Kier alpha value is -1.62. The maximum Gasteiger partial charge on any atom is 0.123 e. The van der Waals surface area contributed by atoms with Gasteiger partial charge in [-0.15, -0.1) is 6.58 Å². The van der Waals surface area contributed by atoms with E-state index in [4.69, 9.17) is 5.26 Å². The zero-order chi connectivity index (χ0) is 9.68. The van der Waals surface area contributed by atoms with E-state index in [0.29, 0.717) is 6.42 Å². The van der Waals surface area contributed by atoms with E-state index in [0.717, 1.165) is 5.56 Å². The van der Waals surface area contributed by atoms with Crippen molar-refractivity contribution >= 4 is 0 Å². The topological polar surface area (TPSA) is 23.8 Å². The van der Waals surface area contributed by atoms with Crippen LogP contribution in [0.25, 0.3) is 0 Å². The number of nitrogens with zero attached hydrogens (tertiary/aromatic N) is 1. The second-order valence-corrected chi connectivity index (χ2v) is 2.76. The third-order valence-electron chi connectivity index (χ3n) is 1.83. The summed E-state index contributed by atoms with van der Waals surface area (Å²) in [4.78, 5) is 0. The first-order chi connectivity index (χ1) is 6.27. The highest BCUT2D eigenvalue weighted by atomic mass is 19.1. The van der Waals surface area contributed by atoms with Crippen molar-refractivity contribution in [3.63, 3.8) is 0 Å². The van der Waals surface area contributed by atoms with E-state index in [-0.39, 0.29) is 11.7 Å². The molecule has 0 aliphatic carbocycles. The SMILES string of the molecule is C=CC[C@@H](C#N)c1ccc(F)cc1. The minimum Gasteiger partial charge on any atom is -0.207 e. The summed E-state index contributed by atoms with van der Waals surface area (Å²) in [5.74, 6) is -0.489. The van der Waals surface area contributed by atoms with Gasteiger partial charge in [-0.25, -0.2) is 4.39 Å². The number of rotatable bonds is 3. The fraction of sp³-hybridized carbons (Fsp3) is 0.182. The molecule has 1 nitrogen and oxygen atoms in total. The molecule has 1 aromatic rings. The van der Waals surface area contributed by atoms with Gasteiger partial charge in [0.15, 0.2) is 0 Å². The van der Waals surface area contributed by atoms with Crippen LogP contribution in [0.3, 0.4) is 0 Å². The van der Waals surface area contributed by atoms with Crippen LogP contribution in [-0.2, 0) is 0 Å². The Morgan fingerprint density at radius 3 is 2.54 bits per heavy atom. The molecular weight excluding hydrogens is 165 g/mol. The molecule has 0 spiro atoms. The van der Waals surface area contributed by atoms with Crippen LogP contribution in [0.1, 0.15) is 17.9 Å². The van der Waals surface area contributed by atoms with Crippen LogP contribution >= 0.6 is 0 Å². The maximum absolute atomic E-state index is 12.5. The number of allylic oxidation sites excluding steroid dienone is 1. The van der Waals surface area contributed by atoms with E-state index >= 15 is 0 Å². The lowest BCUT2D eigenvalue weighted by molar-refractivity contribution is 0.626. The van der Waals surface area contributed by atoms with E-state index in [1.807, 2.05) is 0 Å². The Kier molecular flexibility index (Phi) is 3.22. The van der Waals surface area contributed by atoms with Crippen LogP contribution in [0.2, 0.25) is 0 Å². The number of benzene rings is 1. The molecule has 1 rings (SSSR count). The molecule has 13 heavy (non-hydrogen) atoms. The van der Waals surface area contributed by atoms with E-state index in [2.05, 4.69) is 12.6 Å². The number of hydrogen-bond donors (Lipinski definition) is 0. The summed E-state index contributed by atoms with van der Waals surface area (Å²) in [6.45, 7) is 3.57. The Morgan fingerprint density at radius 1 is 1.46 bits per heavy atom. The first-order valence-electron chi connectivity index (χ1n) is 4.04. The van der Waals surface area contributed by atoms with Crippen molar-refractivity contribution in [2.45, 2.75) is 12.3 Å². The van der Waals surface area contributed by atoms with Crippen molar-refractivity contribution in [1.29, 1.82) is 5.26 Å². The van der Waals surface area contributed by atoms with Gasteiger partial charge in [0.1, 0.15) is 5.82 Å². The summed E-state index contributed by atoms with van der Waals surface area (Å²) < 4.78 is 12.5. The molecule has 0 heterocycles. The van der Waals surface area contributed by atoms with E-state index in [9.17, 15) is 4.39 Å².